The lowest BCUT2D eigenvalue weighted by Gasteiger charge is -2.02. The summed E-state index contributed by atoms with van der Waals surface area (Å²) in [4.78, 5) is 4.22. The van der Waals surface area contributed by atoms with E-state index in [1.165, 1.54) is 11.8 Å². The zero-order valence-electron chi connectivity index (χ0n) is 8.27. The summed E-state index contributed by atoms with van der Waals surface area (Å²) >= 11 is 1.33. The molecule has 0 saturated carbocycles. The molecule has 1 aromatic heterocycles. The van der Waals surface area contributed by atoms with Crippen LogP contribution in [0.2, 0.25) is 0 Å². The van der Waals surface area contributed by atoms with Crippen LogP contribution in [0.3, 0.4) is 0 Å². The van der Waals surface area contributed by atoms with Crippen molar-refractivity contribution in [2.45, 2.75) is 31.0 Å². The van der Waals surface area contributed by atoms with Crippen LogP contribution >= 0.6 is 11.8 Å². The fourth-order valence-electron chi connectivity index (χ4n) is 0.804. The van der Waals surface area contributed by atoms with Gasteiger partial charge in [0.05, 0.1) is 12.7 Å². The second-order valence-electron chi connectivity index (χ2n) is 3.31. The Morgan fingerprint density at radius 3 is 2.71 bits per heavy atom. The first-order valence-corrected chi connectivity index (χ1v) is 5.46. The van der Waals surface area contributed by atoms with E-state index in [0.29, 0.717) is 16.8 Å². The van der Waals surface area contributed by atoms with Gasteiger partial charge in [-0.05, 0) is 0 Å². The van der Waals surface area contributed by atoms with Crippen molar-refractivity contribution in [3.8, 4) is 0 Å². The topological polar surface area (TPSA) is 82.0 Å². The maximum atomic E-state index is 9.10. The smallest absolute Gasteiger partial charge is 0.208 e. The number of nitrogens with zero attached hydrogens (tertiary/aromatic N) is 2. The van der Waals surface area contributed by atoms with E-state index in [4.69, 9.17) is 10.2 Å². The Kier molecular flexibility index (Phi) is 4.37. The second kappa shape index (κ2) is 5.33. The number of hydrogen-bond donors (Lipinski definition) is 3. The lowest BCUT2D eigenvalue weighted by molar-refractivity contribution is 0.113. The van der Waals surface area contributed by atoms with Crippen LogP contribution in [-0.4, -0.2) is 43.9 Å². The molecule has 6 heteroatoms. The molecule has 0 saturated heterocycles. The first-order valence-electron chi connectivity index (χ1n) is 4.47. The monoisotopic (exact) mass is 217 g/mol. The Morgan fingerprint density at radius 1 is 1.50 bits per heavy atom. The molecular formula is C8H15N3O2S. The van der Waals surface area contributed by atoms with Gasteiger partial charge in [0.2, 0.25) is 5.16 Å². The van der Waals surface area contributed by atoms with Gasteiger partial charge in [-0.3, -0.25) is 5.10 Å². The lowest BCUT2D eigenvalue weighted by atomic mass is 10.2. The maximum absolute atomic E-state index is 9.10. The Balaban J connectivity index is 2.44. The number of aromatic amines is 1. The standard InChI is InChI=1S/C8H15N3O2S/c1-5(2)7-9-8(11-10-7)14-4-6(13)3-12/h5-6,12-13H,3-4H2,1-2H3,(H,9,10,11). The normalized spacial score (nSPS) is 13.5. The Labute approximate surface area is 86.9 Å². The second-order valence-corrected chi connectivity index (χ2v) is 4.29. The van der Waals surface area contributed by atoms with Crippen molar-refractivity contribution < 1.29 is 10.2 Å². The number of aliphatic hydroxyl groups excluding tert-OH is 2. The molecule has 1 atom stereocenters. The van der Waals surface area contributed by atoms with Crippen LogP contribution in [0.4, 0.5) is 0 Å². The fraction of sp³-hybridized carbons (Fsp3) is 0.750. The van der Waals surface area contributed by atoms with Crippen molar-refractivity contribution in [1.82, 2.24) is 15.2 Å². The number of aromatic nitrogens is 3. The van der Waals surface area contributed by atoms with E-state index >= 15 is 0 Å². The largest absolute Gasteiger partial charge is 0.394 e. The molecule has 1 heterocycles. The molecule has 0 radical (unpaired) electrons. The number of thioether (sulfide) groups is 1. The van der Waals surface area contributed by atoms with Gasteiger partial charge in [0, 0.05) is 11.7 Å². The highest BCUT2D eigenvalue weighted by atomic mass is 32.2. The molecule has 3 N–H and O–H groups in total. The molecule has 0 amide bonds. The quantitative estimate of drug-likeness (QED) is 0.621. The average Bonchev–Trinajstić information content (AvgIpc) is 2.62. The van der Waals surface area contributed by atoms with Crippen molar-refractivity contribution in [3.05, 3.63) is 5.82 Å². The highest BCUT2D eigenvalue weighted by molar-refractivity contribution is 7.99. The molecule has 80 valence electrons. The third kappa shape index (κ3) is 3.28. The molecule has 0 aliphatic rings. The summed E-state index contributed by atoms with van der Waals surface area (Å²) in [5.74, 6) is 1.57. The highest BCUT2D eigenvalue weighted by Gasteiger charge is 2.09. The van der Waals surface area contributed by atoms with Crippen molar-refractivity contribution in [2.24, 2.45) is 0 Å². The summed E-state index contributed by atoms with van der Waals surface area (Å²) in [5, 5.41) is 25.1. The summed E-state index contributed by atoms with van der Waals surface area (Å²) in [6, 6.07) is 0. The van der Waals surface area contributed by atoms with Gasteiger partial charge in [-0.15, -0.1) is 5.10 Å². The minimum absolute atomic E-state index is 0.228. The highest BCUT2D eigenvalue weighted by Crippen LogP contribution is 2.16. The molecule has 1 rings (SSSR count). The van der Waals surface area contributed by atoms with E-state index in [1.54, 1.807) is 0 Å². The summed E-state index contributed by atoms with van der Waals surface area (Å²) in [5.41, 5.74) is 0. The van der Waals surface area contributed by atoms with Crippen molar-refractivity contribution >= 4 is 11.8 Å². The summed E-state index contributed by atoms with van der Waals surface area (Å²) < 4.78 is 0. The van der Waals surface area contributed by atoms with Gasteiger partial charge < -0.3 is 10.2 Å². The van der Waals surface area contributed by atoms with E-state index in [9.17, 15) is 0 Å². The van der Waals surface area contributed by atoms with Gasteiger partial charge >= 0.3 is 0 Å². The van der Waals surface area contributed by atoms with Gasteiger partial charge in [-0.25, -0.2) is 4.98 Å². The molecule has 0 aromatic carbocycles. The van der Waals surface area contributed by atoms with E-state index < -0.39 is 6.10 Å². The number of aliphatic hydroxyl groups is 2. The van der Waals surface area contributed by atoms with Gasteiger partial charge in [-0.1, -0.05) is 25.6 Å². The minimum atomic E-state index is -0.707. The van der Waals surface area contributed by atoms with E-state index in [2.05, 4.69) is 15.2 Å². The van der Waals surface area contributed by atoms with Crippen molar-refractivity contribution in [2.75, 3.05) is 12.4 Å². The molecule has 0 spiro atoms. The number of H-pyrrole nitrogens is 1. The zero-order chi connectivity index (χ0) is 10.6. The molecule has 14 heavy (non-hydrogen) atoms. The summed E-state index contributed by atoms with van der Waals surface area (Å²) in [6.45, 7) is 3.82. The third-order valence-corrected chi connectivity index (χ3v) is 2.64. The number of nitrogens with one attached hydrogen (secondary N) is 1. The minimum Gasteiger partial charge on any atom is -0.394 e. The zero-order valence-corrected chi connectivity index (χ0v) is 9.08. The number of rotatable bonds is 5. The van der Waals surface area contributed by atoms with Crippen LogP contribution < -0.4 is 0 Å². The van der Waals surface area contributed by atoms with Crippen LogP contribution in [0.1, 0.15) is 25.6 Å². The SMILES string of the molecule is CC(C)c1nc(SCC(O)CO)n[nH]1. The van der Waals surface area contributed by atoms with E-state index in [-0.39, 0.29) is 6.61 Å². The molecule has 0 aliphatic carbocycles. The van der Waals surface area contributed by atoms with Gasteiger partial charge in [0.25, 0.3) is 0 Å². The first-order chi connectivity index (χ1) is 6.63. The predicted molar refractivity (Wildman–Crippen MR) is 54.3 cm³/mol. The fourth-order valence-corrected chi connectivity index (χ4v) is 1.52. The van der Waals surface area contributed by atoms with E-state index in [0.717, 1.165) is 5.82 Å². The lowest BCUT2D eigenvalue weighted by Crippen LogP contribution is -2.14. The van der Waals surface area contributed by atoms with Crippen LogP contribution in [-0.2, 0) is 0 Å². The Bertz CT molecular complexity index is 277. The molecule has 0 bridgehead atoms. The first kappa shape index (κ1) is 11.5. The van der Waals surface area contributed by atoms with Crippen LogP contribution in [0.5, 0.6) is 0 Å². The molecule has 0 fully saturated rings. The summed E-state index contributed by atoms with van der Waals surface area (Å²) in [6.07, 6.45) is -0.707. The van der Waals surface area contributed by atoms with E-state index in [1.807, 2.05) is 13.8 Å². The third-order valence-electron chi connectivity index (χ3n) is 1.64. The number of hydrogen-bond acceptors (Lipinski definition) is 5. The Morgan fingerprint density at radius 2 is 2.21 bits per heavy atom. The molecular weight excluding hydrogens is 202 g/mol. The molecule has 5 nitrogen and oxygen atoms in total. The molecule has 1 unspecified atom stereocenters. The van der Waals surface area contributed by atoms with Crippen LogP contribution in [0, 0.1) is 0 Å². The van der Waals surface area contributed by atoms with Crippen LogP contribution in [0.25, 0.3) is 0 Å². The average molecular weight is 217 g/mol. The van der Waals surface area contributed by atoms with Gasteiger partial charge in [-0.2, -0.15) is 0 Å². The molecule has 1 aromatic rings. The van der Waals surface area contributed by atoms with Crippen molar-refractivity contribution in [3.63, 3.8) is 0 Å². The van der Waals surface area contributed by atoms with Crippen molar-refractivity contribution in [1.29, 1.82) is 0 Å². The maximum Gasteiger partial charge on any atom is 0.208 e. The van der Waals surface area contributed by atoms with Crippen LogP contribution in [0.15, 0.2) is 5.16 Å². The van der Waals surface area contributed by atoms with Gasteiger partial charge in [0.1, 0.15) is 5.82 Å². The predicted octanol–water partition coefficient (Wildman–Crippen LogP) is 0.373. The molecule has 0 aliphatic heterocycles. The van der Waals surface area contributed by atoms with Gasteiger partial charge in [0.15, 0.2) is 0 Å². The Hall–Kier alpha value is -0.590. The summed E-state index contributed by atoms with van der Waals surface area (Å²) in [7, 11) is 0.